The van der Waals surface area contributed by atoms with Crippen LogP contribution >= 0.6 is 0 Å². The van der Waals surface area contributed by atoms with Gasteiger partial charge in [0.05, 0.1) is 6.42 Å². The molecule has 0 radical (unpaired) electrons. The largest absolute Gasteiger partial charge is 0.481 e. The van der Waals surface area contributed by atoms with E-state index in [-0.39, 0.29) is 0 Å². The first kappa shape index (κ1) is 15.2. The summed E-state index contributed by atoms with van der Waals surface area (Å²) < 4.78 is 0. The van der Waals surface area contributed by atoms with Gasteiger partial charge in [-0.2, -0.15) is 0 Å². The van der Waals surface area contributed by atoms with E-state index in [1.54, 1.807) is 0 Å². The number of hydrogen-bond donors (Lipinski definition) is 4. The van der Waals surface area contributed by atoms with Gasteiger partial charge in [0.15, 0.2) is 0 Å². The smallest absolute Gasteiger partial charge is 0.326 e. The number of aliphatic carboxylic acids is 2. The van der Waals surface area contributed by atoms with Gasteiger partial charge in [-0.3, -0.25) is 4.79 Å². The molecular weight excluding hydrogens is 228 g/mol. The molecule has 7 heteroatoms. The number of carbonyl (C=O) groups excluding carboxylic acids is 1. The summed E-state index contributed by atoms with van der Waals surface area (Å²) in [7, 11) is 0. The maximum atomic E-state index is 11.2. The molecule has 0 heterocycles. The second-order valence-corrected chi connectivity index (χ2v) is 4.07. The van der Waals surface area contributed by atoms with E-state index in [1.165, 1.54) is 0 Å². The highest BCUT2D eigenvalue weighted by Gasteiger charge is 2.22. The van der Waals surface area contributed by atoms with Crippen molar-refractivity contribution < 1.29 is 24.6 Å². The Hall–Kier alpha value is -1.79. The Balaban J connectivity index is 4.04. The average molecular weight is 246 g/mol. The van der Waals surface area contributed by atoms with Gasteiger partial charge in [0.2, 0.25) is 0 Å². The number of amides is 2. The lowest BCUT2D eigenvalue weighted by molar-refractivity contribution is -0.145. The molecule has 7 nitrogen and oxygen atoms in total. The molecule has 17 heavy (non-hydrogen) atoms. The number of hydrogen-bond acceptors (Lipinski definition) is 3. The number of carbonyl (C=O) groups is 3. The standard InChI is InChI=1S/C10H18N2O5/c1-6(2)3-4-11-10(17)12-7(9(15)16)5-8(13)14/h6-7H,3-5H2,1-2H3,(H,13,14)(H,15,16)(H2,11,12,17)/t7-/m0/s1. The summed E-state index contributed by atoms with van der Waals surface area (Å²) in [4.78, 5) is 32.3. The van der Waals surface area contributed by atoms with Crippen molar-refractivity contribution in [3.05, 3.63) is 0 Å². The maximum Gasteiger partial charge on any atom is 0.326 e. The summed E-state index contributed by atoms with van der Waals surface area (Å²) >= 11 is 0. The minimum absolute atomic E-state index is 0.420. The average Bonchev–Trinajstić information content (AvgIpc) is 2.15. The molecule has 4 N–H and O–H groups in total. The van der Waals surface area contributed by atoms with Gasteiger partial charge in [0.1, 0.15) is 6.04 Å². The van der Waals surface area contributed by atoms with Gasteiger partial charge >= 0.3 is 18.0 Å². The van der Waals surface area contributed by atoms with Gasteiger partial charge in [-0.15, -0.1) is 0 Å². The van der Waals surface area contributed by atoms with Gasteiger partial charge in [0.25, 0.3) is 0 Å². The van der Waals surface area contributed by atoms with Crippen molar-refractivity contribution in [1.29, 1.82) is 0 Å². The van der Waals surface area contributed by atoms with Crippen molar-refractivity contribution in [2.24, 2.45) is 5.92 Å². The van der Waals surface area contributed by atoms with Crippen molar-refractivity contribution in [1.82, 2.24) is 10.6 Å². The molecule has 0 bridgehead atoms. The molecule has 0 aliphatic rings. The first-order valence-corrected chi connectivity index (χ1v) is 5.32. The van der Waals surface area contributed by atoms with E-state index >= 15 is 0 Å². The Morgan fingerprint density at radius 3 is 2.18 bits per heavy atom. The van der Waals surface area contributed by atoms with Gasteiger partial charge in [-0.1, -0.05) is 13.8 Å². The molecule has 98 valence electrons. The third-order valence-electron chi connectivity index (χ3n) is 1.99. The Bertz CT molecular complexity index is 290. The second kappa shape index (κ2) is 7.48. The molecule has 0 spiro atoms. The number of carboxylic acid groups (broad SMARTS) is 2. The van der Waals surface area contributed by atoms with Crippen molar-refractivity contribution in [3.8, 4) is 0 Å². The molecular formula is C10H18N2O5. The second-order valence-electron chi connectivity index (χ2n) is 4.07. The fourth-order valence-electron chi connectivity index (χ4n) is 1.06. The molecule has 1 atom stereocenters. The van der Waals surface area contributed by atoms with Crippen LogP contribution in [0.3, 0.4) is 0 Å². The summed E-state index contributed by atoms with van der Waals surface area (Å²) in [5.74, 6) is -2.23. The predicted molar refractivity (Wildman–Crippen MR) is 59.7 cm³/mol. The predicted octanol–water partition coefficient (Wildman–Crippen LogP) is 0.260. The van der Waals surface area contributed by atoms with Crippen molar-refractivity contribution in [2.75, 3.05) is 6.54 Å². The first-order chi connectivity index (χ1) is 7.82. The molecule has 0 rings (SSSR count). The van der Waals surface area contributed by atoms with E-state index in [9.17, 15) is 14.4 Å². The highest BCUT2D eigenvalue weighted by molar-refractivity contribution is 5.86. The van der Waals surface area contributed by atoms with Crippen LogP contribution in [0.5, 0.6) is 0 Å². The van der Waals surface area contributed by atoms with Crippen LogP contribution in [0.25, 0.3) is 0 Å². The zero-order valence-electron chi connectivity index (χ0n) is 9.90. The van der Waals surface area contributed by atoms with Crippen LogP contribution in [0, 0.1) is 5.92 Å². The Morgan fingerprint density at radius 1 is 1.18 bits per heavy atom. The number of nitrogens with one attached hydrogen (secondary N) is 2. The monoisotopic (exact) mass is 246 g/mol. The summed E-state index contributed by atoms with van der Waals surface area (Å²) in [5, 5.41) is 21.7. The van der Waals surface area contributed by atoms with E-state index in [0.29, 0.717) is 12.5 Å². The van der Waals surface area contributed by atoms with E-state index in [0.717, 1.165) is 6.42 Å². The van der Waals surface area contributed by atoms with Crippen molar-refractivity contribution >= 4 is 18.0 Å². The summed E-state index contributed by atoms with van der Waals surface area (Å²) in [6, 6.07) is -2.08. The molecule has 0 aromatic carbocycles. The van der Waals surface area contributed by atoms with E-state index in [2.05, 4.69) is 10.6 Å². The number of carboxylic acids is 2. The molecule has 0 unspecified atom stereocenters. The van der Waals surface area contributed by atoms with Crippen LogP contribution in [0.4, 0.5) is 4.79 Å². The van der Waals surface area contributed by atoms with Crippen LogP contribution < -0.4 is 10.6 Å². The quantitative estimate of drug-likeness (QED) is 0.514. The van der Waals surface area contributed by atoms with Crippen LogP contribution in [0.1, 0.15) is 26.7 Å². The van der Waals surface area contributed by atoms with Gasteiger partial charge < -0.3 is 20.8 Å². The molecule has 0 aromatic rings. The summed E-state index contributed by atoms with van der Waals surface area (Å²) in [6.45, 7) is 4.40. The fraction of sp³-hybridized carbons (Fsp3) is 0.700. The Labute approximate surface area is 99.2 Å². The maximum absolute atomic E-state index is 11.2. The van der Waals surface area contributed by atoms with Crippen molar-refractivity contribution in [2.45, 2.75) is 32.7 Å². The van der Waals surface area contributed by atoms with Gasteiger partial charge in [0, 0.05) is 6.54 Å². The molecule has 0 aliphatic carbocycles. The Morgan fingerprint density at radius 2 is 1.76 bits per heavy atom. The highest BCUT2D eigenvalue weighted by Crippen LogP contribution is 1.96. The lowest BCUT2D eigenvalue weighted by Crippen LogP contribution is -2.47. The molecule has 0 saturated carbocycles. The minimum Gasteiger partial charge on any atom is -0.481 e. The van der Waals surface area contributed by atoms with E-state index < -0.39 is 30.4 Å². The number of urea groups is 1. The fourth-order valence-corrected chi connectivity index (χ4v) is 1.06. The summed E-state index contributed by atoms with van der Waals surface area (Å²) in [5.41, 5.74) is 0. The summed E-state index contributed by atoms with van der Waals surface area (Å²) in [6.07, 6.45) is 0.122. The third-order valence-corrected chi connectivity index (χ3v) is 1.99. The Kier molecular flexibility index (Phi) is 6.69. The zero-order chi connectivity index (χ0) is 13.4. The third kappa shape index (κ3) is 8.06. The lowest BCUT2D eigenvalue weighted by Gasteiger charge is -2.13. The molecule has 0 aliphatic heterocycles. The zero-order valence-corrected chi connectivity index (χ0v) is 9.90. The topological polar surface area (TPSA) is 116 Å². The van der Waals surface area contributed by atoms with Gasteiger partial charge in [-0.25, -0.2) is 9.59 Å². The normalized spacial score (nSPS) is 11.9. The number of rotatable bonds is 7. The van der Waals surface area contributed by atoms with E-state index in [4.69, 9.17) is 10.2 Å². The lowest BCUT2D eigenvalue weighted by atomic mass is 10.1. The first-order valence-electron chi connectivity index (χ1n) is 5.32. The minimum atomic E-state index is -1.41. The van der Waals surface area contributed by atoms with Gasteiger partial charge in [-0.05, 0) is 12.3 Å². The molecule has 2 amide bonds. The van der Waals surface area contributed by atoms with Crippen LogP contribution in [-0.2, 0) is 9.59 Å². The van der Waals surface area contributed by atoms with Crippen molar-refractivity contribution in [3.63, 3.8) is 0 Å². The van der Waals surface area contributed by atoms with Crippen LogP contribution in [-0.4, -0.2) is 40.8 Å². The van der Waals surface area contributed by atoms with E-state index in [1.807, 2.05) is 13.8 Å². The molecule has 0 aromatic heterocycles. The molecule has 0 fully saturated rings. The van der Waals surface area contributed by atoms with Crippen LogP contribution in [0.15, 0.2) is 0 Å². The molecule has 0 saturated heterocycles. The van der Waals surface area contributed by atoms with Crippen LogP contribution in [0.2, 0.25) is 0 Å². The highest BCUT2D eigenvalue weighted by atomic mass is 16.4. The SMILES string of the molecule is CC(C)CCNC(=O)N[C@@H](CC(=O)O)C(=O)O.